The molecular weight excluding hydrogens is 154 g/mol. The first-order chi connectivity index (χ1) is 2.27. The van der Waals surface area contributed by atoms with Crippen LogP contribution in [0.4, 0.5) is 4.79 Å². The summed E-state index contributed by atoms with van der Waals surface area (Å²) in [6, 6.07) is 0. The molecule has 3 radical (unpaired) electrons. The van der Waals surface area contributed by atoms with Gasteiger partial charge in [0.25, 0.3) is 0 Å². The van der Waals surface area contributed by atoms with Crippen LogP contribution in [0.25, 0.3) is 0 Å². The number of hydrogen-bond acceptors (Lipinski definition) is 2. The van der Waals surface area contributed by atoms with Gasteiger partial charge >= 0.3 is 6.16 Å². The van der Waals surface area contributed by atoms with Crippen LogP contribution in [0.3, 0.4) is 0 Å². The Hall–Kier alpha value is -0.291. The largest absolute Gasteiger partial charge is 0.528 e. The fourth-order valence-electron chi connectivity index (χ4n) is 0. The molecule has 0 aromatic rings. The normalized spacial score (nSPS) is 4.71. The topological polar surface area (TPSA) is 100 Å². The first-order valence-electron chi connectivity index (χ1n) is 0.814. The van der Waals surface area contributed by atoms with Crippen LogP contribution in [0.5, 0.6) is 0 Å². The Labute approximate surface area is 50.2 Å². The van der Waals surface area contributed by atoms with E-state index in [4.69, 9.17) is 15.8 Å². The zero-order valence-corrected chi connectivity index (χ0v) is 3.95. The van der Waals surface area contributed by atoms with Crippen LogP contribution in [0.2, 0.25) is 0 Å². The minimum absolute atomic E-state index is 0. The SMILES string of the molecule is O.[Cu].[N]OC(=O)O. The Balaban J connectivity index is -0.0000000800. The average Bonchev–Trinajstić information content (AvgIpc) is 1.38. The molecular formula is CH3CuNO4. The summed E-state index contributed by atoms with van der Waals surface area (Å²) in [7, 11) is 0. The third-order valence-corrected chi connectivity index (χ3v) is 0.0781. The molecule has 0 bridgehead atoms. The van der Waals surface area contributed by atoms with Gasteiger partial charge in [-0.25, -0.2) is 4.79 Å². The fourth-order valence-corrected chi connectivity index (χ4v) is 0. The summed E-state index contributed by atoms with van der Waals surface area (Å²) < 4.78 is 0. The molecule has 0 aromatic heterocycles. The number of rotatable bonds is 0. The van der Waals surface area contributed by atoms with Crippen molar-refractivity contribution in [3.8, 4) is 0 Å². The molecule has 47 valence electrons. The van der Waals surface area contributed by atoms with Gasteiger partial charge in [0.05, 0.1) is 0 Å². The van der Waals surface area contributed by atoms with Gasteiger partial charge in [0.1, 0.15) is 5.90 Å². The summed E-state index contributed by atoms with van der Waals surface area (Å²) in [5, 5.41) is 7.25. The minimum Gasteiger partial charge on any atom is -0.448 e. The van der Waals surface area contributed by atoms with E-state index in [1.54, 1.807) is 0 Å². The predicted molar refractivity (Wildman–Crippen MR) is 14.9 cm³/mol. The van der Waals surface area contributed by atoms with Gasteiger partial charge in [0, 0.05) is 17.1 Å². The summed E-state index contributed by atoms with van der Waals surface area (Å²) in [5.41, 5.74) is 0. The van der Waals surface area contributed by atoms with E-state index < -0.39 is 6.16 Å². The molecule has 0 heterocycles. The van der Waals surface area contributed by atoms with Gasteiger partial charge in [-0.15, -0.1) is 0 Å². The second kappa shape index (κ2) is 9.20. The molecule has 3 N–H and O–H groups in total. The van der Waals surface area contributed by atoms with Gasteiger partial charge < -0.3 is 10.6 Å². The van der Waals surface area contributed by atoms with Gasteiger partial charge in [-0.05, 0) is 0 Å². The van der Waals surface area contributed by atoms with Crippen molar-refractivity contribution in [3.05, 3.63) is 0 Å². The maximum Gasteiger partial charge on any atom is 0.528 e. The van der Waals surface area contributed by atoms with Crippen molar-refractivity contribution < 1.29 is 37.3 Å². The van der Waals surface area contributed by atoms with Crippen molar-refractivity contribution >= 4 is 6.16 Å². The van der Waals surface area contributed by atoms with Gasteiger partial charge in [0.15, 0.2) is 0 Å². The summed E-state index contributed by atoms with van der Waals surface area (Å²) in [5.74, 6) is 7.04. The van der Waals surface area contributed by atoms with Gasteiger partial charge in [0.2, 0.25) is 0 Å². The molecule has 0 saturated heterocycles. The number of hydrogen-bond donors (Lipinski definition) is 1. The van der Waals surface area contributed by atoms with Gasteiger partial charge in [-0.1, -0.05) is 0 Å². The molecule has 5 nitrogen and oxygen atoms in total. The quantitative estimate of drug-likeness (QED) is 0.354. The molecule has 0 saturated carbocycles. The van der Waals surface area contributed by atoms with Crippen LogP contribution in [0.1, 0.15) is 0 Å². The molecule has 0 unspecified atom stereocenters. The molecule has 0 aromatic carbocycles. The smallest absolute Gasteiger partial charge is 0.448 e. The molecule has 0 fully saturated rings. The van der Waals surface area contributed by atoms with Crippen LogP contribution in [0.15, 0.2) is 0 Å². The molecule has 0 aliphatic heterocycles. The van der Waals surface area contributed by atoms with E-state index >= 15 is 0 Å². The molecule has 0 spiro atoms. The number of nitrogens with zero attached hydrogens (tertiary/aromatic N) is 1. The van der Waals surface area contributed by atoms with E-state index in [0.717, 1.165) is 0 Å². The van der Waals surface area contributed by atoms with Crippen LogP contribution < -0.4 is 5.90 Å². The maximum absolute atomic E-state index is 8.90. The molecule has 0 amide bonds. The van der Waals surface area contributed by atoms with Crippen molar-refractivity contribution in [2.24, 2.45) is 0 Å². The third kappa shape index (κ3) is 26.9. The standard InChI is InChI=1S/CHNO3.Cu.H2O/c2-5-1(3)4;;/h(H,3,4);;1H2. The Morgan fingerprint density at radius 1 is 1.71 bits per heavy atom. The summed E-state index contributed by atoms with van der Waals surface area (Å²) in [6.45, 7) is 0. The van der Waals surface area contributed by atoms with E-state index in [0.29, 0.717) is 0 Å². The van der Waals surface area contributed by atoms with Gasteiger partial charge in [-0.3, -0.25) is 4.84 Å². The number of carbonyl (C=O) groups is 1. The monoisotopic (exact) mass is 156 g/mol. The Morgan fingerprint density at radius 2 is 1.86 bits per heavy atom. The molecule has 0 aliphatic rings. The summed E-state index contributed by atoms with van der Waals surface area (Å²) >= 11 is 0. The average molecular weight is 157 g/mol. The fraction of sp³-hybridized carbons (Fsp3) is 0. The maximum atomic E-state index is 8.90. The van der Waals surface area contributed by atoms with E-state index in [1.165, 1.54) is 0 Å². The van der Waals surface area contributed by atoms with Crippen molar-refractivity contribution in [1.29, 1.82) is 0 Å². The number of carboxylic acid groups (broad SMARTS) is 1. The van der Waals surface area contributed by atoms with E-state index in [2.05, 4.69) is 4.84 Å². The second-order valence-electron chi connectivity index (χ2n) is 0.357. The van der Waals surface area contributed by atoms with Crippen molar-refractivity contribution in [3.63, 3.8) is 0 Å². The van der Waals surface area contributed by atoms with E-state index in [-0.39, 0.29) is 22.5 Å². The van der Waals surface area contributed by atoms with Crippen LogP contribution in [0, 0.1) is 0 Å². The first kappa shape index (κ1) is 15.9. The van der Waals surface area contributed by atoms with E-state index in [9.17, 15) is 0 Å². The van der Waals surface area contributed by atoms with Crippen molar-refractivity contribution in [2.45, 2.75) is 0 Å². The molecule has 0 atom stereocenters. The molecule has 6 heteroatoms. The zero-order valence-electron chi connectivity index (χ0n) is 3.01. The Bertz CT molecular complexity index is 47.0. The third-order valence-electron chi connectivity index (χ3n) is 0.0781. The Kier molecular flexibility index (Phi) is 20.9. The molecule has 0 rings (SSSR count). The first-order valence-corrected chi connectivity index (χ1v) is 0.814. The minimum atomic E-state index is -1.69. The van der Waals surface area contributed by atoms with Crippen LogP contribution in [-0.4, -0.2) is 16.7 Å². The summed E-state index contributed by atoms with van der Waals surface area (Å²) in [6.07, 6.45) is -1.69. The zero-order chi connectivity index (χ0) is 4.28. The molecule has 7 heavy (non-hydrogen) atoms. The van der Waals surface area contributed by atoms with Crippen molar-refractivity contribution in [1.82, 2.24) is 5.90 Å². The van der Waals surface area contributed by atoms with Crippen LogP contribution in [-0.2, 0) is 21.9 Å². The summed E-state index contributed by atoms with van der Waals surface area (Å²) in [4.78, 5) is 11.6. The Morgan fingerprint density at radius 3 is 1.86 bits per heavy atom. The predicted octanol–water partition coefficient (Wildman–Crippen LogP) is -1.16. The van der Waals surface area contributed by atoms with Gasteiger partial charge in [-0.2, -0.15) is 0 Å². The van der Waals surface area contributed by atoms with Crippen LogP contribution >= 0.6 is 0 Å². The van der Waals surface area contributed by atoms with Crippen molar-refractivity contribution in [2.75, 3.05) is 0 Å². The van der Waals surface area contributed by atoms with E-state index in [1.807, 2.05) is 0 Å². The molecule has 0 aliphatic carbocycles. The second-order valence-corrected chi connectivity index (χ2v) is 0.357.